The van der Waals surface area contributed by atoms with E-state index in [1.807, 2.05) is 67.6 Å². The normalized spacial score (nSPS) is 13.5. The maximum atomic E-state index is 12.1. The van der Waals surface area contributed by atoms with Crippen molar-refractivity contribution in [2.45, 2.75) is 26.4 Å². The molecule has 2 aromatic carbocycles. The van der Waals surface area contributed by atoms with Crippen LogP contribution in [-0.2, 0) is 16.1 Å². The molecule has 0 aliphatic carbocycles. The maximum absolute atomic E-state index is 12.1. The van der Waals surface area contributed by atoms with Gasteiger partial charge in [-0.25, -0.2) is 0 Å². The first-order valence-electron chi connectivity index (χ1n) is 6.94. The van der Waals surface area contributed by atoms with Crippen LogP contribution < -0.4 is 0 Å². The largest absolute Gasteiger partial charge is 0.461 e. The van der Waals surface area contributed by atoms with Gasteiger partial charge in [0.1, 0.15) is 6.61 Å². The van der Waals surface area contributed by atoms with E-state index in [2.05, 4.69) is 6.92 Å². The molecule has 0 aliphatic heterocycles. The van der Waals surface area contributed by atoms with Crippen LogP contribution in [0.5, 0.6) is 0 Å². The minimum Gasteiger partial charge on any atom is -0.461 e. The molecule has 2 nitrogen and oxygen atoms in total. The summed E-state index contributed by atoms with van der Waals surface area (Å²) in [6.07, 6.45) is 0. The molecule has 0 fully saturated rings. The Morgan fingerprint density at radius 1 is 0.950 bits per heavy atom. The van der Waals surface area contributed by atoms with Gasteiger partial charge in [0, 0.05) is 0 Å². The van der Waals surface area contributed by atoms with Crippen molar-refractivity contribution in [2.75, 3.05) is 0 Å². The summed E-state index contributed by atoms with van der Waals surface area (Å²) >= 11 is 0. The molecule has 0 aromatic heterocycles. The van der Waals surface area contributed by atoms with Crippen LogP contribution in [0.2, 0.25) is 0 Å². The summed E-state index contributed by atoms with van der Waals surface area (Å²) in [7, 11) is 0. The van der Waals surface area contributed by atoms with Gasteiger partial charge in [-0.15, -0.1) is 0 Å². The standard InChI is InChI=1S/C18H20O2/c1-14(17-11-7-4-8-12-17)15(2)18(19)20-13-16-9-5-3-6-10-16/h3-12,14-15H,13H2,1-2H3. The van der Waals surface area contributed by atoms with Crippen LogP contribution in [0, 0.1) is 5.92 Å². The fraction of sp³-hybridized carbons (Fsp3) is 0.278. The van der Waals surface area contributed by atoms with Crippen molar-refractivity contribution in [3.8, 4) is 0 Å². The van der Waals surface area contributed by atoms with Gasteiger partial charge in [0.15, 0.2) is 0 Å². The SMILES string of the molecule is CC(C(=O)OCc1ccccc1)C(C)c1ccccc1. The highest BCUT2D eigenvalue weighted by molar-refractivity contribution is 5.73. The monoisotopic (exact) mass is 268 g/mol. The van der Waals surface area contributed by atoms with E-state index in [0.717, 1.165) is 11.1 Å². The van der Waals surface area contributed by atoms with Crippen molar-refractivity contribution in [3.05, 3.63) is 71.8 Å². The van der Waals surface area contributed by atoms with Crippen LogP contribution in [0.4, 0.5) is 0 Å². The lowest BCUT2D eigenvalue weighted by molar-refractivity contribution is -0.149. The molecular formula is C18H20O2. The average Bonchev–Trinajstić information content (AvgIpc) is 2.53. The Hall–Kier alpha value is -2.09. The topological polar surface area (TPSA) is 26.3 Å². The summed E-state index contributed by atoms with van der Waals surface area (Å²) in [4.78, 5) is 12.1. The molecule has 20 heavy (non-hydrogen) atoms. The van der Waals surface area contributed by atoms with Crippen molar-refractivity contribution >= 4 is 5.97 Å². The van der Waals surface area contributed by atoms with Gasteiger partial charge in [0.25, 0.3) is 0 Å². The lowest BCUT2D eigenvalue weighted by Crippen LogP contribution is -2.20. The first kappa shape index (κ1) is 14.3. The molecule has 0 N–H and O–H groups in total. The molecule has 2 heteroatoms. The highest BCUT2D eigenvalue weighted by atomic mass is 16.5. The number of esters is 1. The van der Waals surface area contributed by atoms with E-state index in [0.29, 0.717) is 6.61 Å². The van der Waals surface area contributed by atoms with Crippen LogP contribution in [0.25, 0.3) is 0 Å². The number of carbonyl (C=O) groups is 1. The minimum absolute atomic E-state index is 0.148. The number of rotatable bonds is 5. The minimum atomic E-state index is -0.152. The fourth-order valence-electron chi connectivity index (χ4n) is 2.11. The summed E-state index contributed by atoms with van der Waals surface area (Å²) in [5.74, 6) is -0.147. The number of benzene rings is 2. The van der Waals surface area contributed by atoms with Crippen molar-refractivity contribution in [1.29, 1.82) is 0 Å². The van der Waals surface area contributed by atoms with Gasteiger partial charge in [-0.3, -0.25) is 4.79 Å². The van der Waals surface area contributed by atoms with E-state index in [1.165, 1.54) is 0 Å². The molecule has 0 heterocycles. The highest BCUT2D eigenvalue weighted by Gasteiger charge is 2.22. The van der Waals surface area contributed by atoms with Crippen LogP contribution in [0.3, 0.4) is 0 Å². The Labute approximate surface area is 120 Å². The van der Waals surface area contributed by atoms with Crippen LogP contribution in [0.1, 0.15) is 30.9 Å². The molecule has 0 saturated heterocycles. The Morgan fingerprint density at radius 2 is 1.50 bits per heavy atom. The summed E-state index contributed by atoms with van der Waals surface area (Å²) in [5.41, 5.74) is 2.18. The first-order valence-corrected chi connectivity index (χ1v) is 6.94. The Kier molecular flexibility index (Phi) is 4.94. The predicted molar refractivity (Wildman–Crippen MR) is 80.3 cm³/mol. The summed E-state index contributed by atoms with van der Waals surface area (Å²) < 4.78 is 5.39. The third-order valence-corrected chi connectivity index (χ3v) is 3.67. The van der Waals surface area contributed by atoms with Crippen molar-refractivity contribution in [1.82, 2.24) is 0 Å². The fourth-order valence-corrected chi connectivity index (χ4v) is 2.11. The van der Waals surface area contributed by atoms with Crippen molar-refractivity contribution < 1.29 is 9.53 Å². The van der Waals surface area contributed by atoms with Gasteiger partial charge in [0.2, 0.25) is 0 Å². The molecule has 0 amide bonds. The number of hydrogen-bond acceptors (Lipinski definition) is 2. The zero-order valence-corrected chi connectivity index (χ0v) is 12.0. The second-order valence-corrected chi connectivity index (χ2v) is 5.08. The van der Waals surface area contributed by atoms with Crippen LogP contribution in [0.15, 0.2) is 60.7 Å². The number of hydrogen-bond donors (Lipinski definition) is 0. The summed E-state index contributed by atoms with van der Waals surface area (Å²) in [5, 5.41) is 0. The second-order valence-electron chi connectivity index (χ2n) is 5.08. The molecule has 0 bridgehead atoms. The van der Waals surface area contributed by atoms with E-state index < -0.39 is 0 Å². The average molecular weight is 268 g/mol. The first-order chi connectivity index (χ1) is 9.68. The van der Waals surface area contributed by atoms with Crippen molar-refractivity contribution in [2.24, 2.45) is 5.92 Å². The van der Waals surface area contributed by atoms with Gasteiger partial charge >= 0.3 is 5.97 Å². The lowest BCUT2D eigenvalue weighted by Gasteiger charge is -2.19. The molecule has 104 valence electrons. The summed E-state index contributed by atoms with van der Waals surface area (Å²) in [6, 6.07) is 19.8. The molecule has 0 aliphatic rings. The molecule has 2 aromatic rings. The number of carbonyl (C=O) groups excluding carboxylic acids is 1. The van der Waals surface area contributed by atoms with Gasteiger partial charge in [-0.2, -0.15) is 0 Å². The summed E-state index contributed by atoms with van der Waals surface area (Å²) in [6.45, 7) is 4.32. The molecular weight excluding hydrogens is 248 g/mol. The molecule has 0 spiro atoms. The van der Waals surface area contributed by atoms with Gasteiger partial charge in [-0.05, 0) is 17.0 Å². The smallest absolute Gasteiger partial charge is 0.309 e. The van der Waals surface area contributed by atoms with Gasteiger partial charge in [-0.1, -0.05) is 74.5 Å². The van der Waals surface area contributed by atoms with E-state index in [-0.39, 0.29) is 17.8 Å². The molecule has 2 atom stereocenters. The van der Waals surface area contributed by atoms with E-state index in [1.54, 1.807) is 0 Å². The highest BCUT2D eigenvalue weighted by Crippen LogP contribution is 2.25. The van der Waals surface area contributed by atoms with Gasteiger partial charge < -0.3 is 4.74 Å². The predicted octanol–water partition coefficient (Wildman–Crippen LogP) is 4.17. The molecule has 2 unspecified atom stereocenters. The second kappa shape index (κ2) is 6.90. The van der Waals surface area contributed by atoms with Crippen LogP contribution in [-0.4, -0.2) is 5.97 Å². The number of ether oxygens (including phenoxy) is 1. The zero-order chi connectivity index (χ0) is 14.4. The third-order valence-electron chi connectivity index (χ3n) is 3.67. The van der Waals surface area contributed by atoms with Gasteiger partial charge in [0.05, 0.1) is 5.92 Å². The van der Waals surface area contributed by atoms with E-state index in [9.17, 15) is 4.79 Å². The molecule has 0 radical (unpaired) electrons. The van der Waals surface area contributed by atoms with E-state index >= 15 is 0 Å². The zero-order valence-electron chi connectivity index (χ0n) is 12.0. The Morgan fingerprint density at radius 3 is 2.10 bits per heavy atom. The lowest BCUT2D eigenvalue weighted by atomic mass is 9.89. The quantitative estimate of drug-likeness (QED) is 0.761. The van der Waals surface area contributed by atoms with Crippen LogP contribution >= 0.6 is 0 Å². The maximum Gasteiger partial charge on any atom is 0.309 e. The molecule has 2 rings (SSSR count). The van der Waals surface area contributed by atoms with E-state index in [4.69, 9.17) is 4.74 Å². The third kappa shape index (κ3) is 3.70. The van der Waals surface area contributed by atoms with Crippen molar-refractivity contribution in [3.63, 3.8) is 0 Å². The Bertz CT molecular complexity index is 534. The Balaban J connectivity index is 1.92. The molecule has 0 saturated carbocycles.